The number of carbonyl (C=O) groups is 1. The molecule has 0 unspecified atom stereocenters. The van der Waals surface area contributed by atoms with E-state index in [0.717, 1.165) is 21.0 Å². The maximum absolute atomic E-state index is 13.8. The quantitative estimate of drug-likeness (QED) is 0.668. The number of nitrogens with zero attached hydrogens (tertiary/aromatic N) is 4. The molecule has 0 bridgehead atoms. The Balaban J connectivity index is 1.60. The number of nitrogens with two attached hydrogens (primary N) is 1. The summed E-state index contributed by atoms with van der Waals surface area (Å²) in [6.45, 7) is 1.06. The molecule has 2 N–H and O–H groups in total. The number of halogens is 1. The molecule has 0 saturated carbocycles. The van der Waals surface area contributed by atoms with E-state index >= 15 is 0 Å². The third-order valence-electron chi connectivity index (χ3n) is 6.22. The minimum absolute atomic E-state index is 0.00124. The Kier molecular flexibility index (Phi) is 4.72. The first kappa shape index (κ1) is 20.2. The summed E-state index contributed by atoms with van der Waals surface area (Å²) in [5, 5.41) is 9.18. The lowest BCUT2D eigenvalue weighted by Crippen LogP contribution is -2.54. The number of para-hydroxylation sites is 1. The van der Waals surface area contributed by atoms with E-state index in [9.17, 15) is 14.4 Å². The van der Waals surface area contributed by atoms with Crippen LogP contribution in [0.3, 0.4) is 0 Å². The van der Waals surface area contributed by atoms with Crippen molar-refractivity contribution in [3.8, 4) is 16.5 Å². The van der Waals surface area contributed by atoms with Crippen molar-refractivity contribution in [1.82, 2.24) is 4.90 Å². The zero-order valence-electron chi connectivity index (χ0n) is 17.3. The number of fused-ring (bicyclic) bond motifs is 1. The fourth-order valence-electron chi connectivity index (χ4n) is 4.49. The lowest BCUT2D eigenvalue weighted by molar-refractivity contribution is -0.132. The molecular formula is C24H20FN5OS. The molecule has 0 radical (unpaired) electrons. The molecule has 6 nitrogen and oxygen atoms in total. The van der Waals surface area contributed by atoms with Crippen molar-refractivity contribution in [2.75, 3.05) is 25.0 Å². The summed E-state index contributed by atoms with van der Waals surface area (Å²) in [7, 11) is 1.65. The summed E-state index contributed by atoms with van der Waals surface area (Å²) in [5.41, 5.74) is 7.15. The van der Waals surface area contributed by atoms with Gasteiger partial charge in [0, 0.05) is 35.6 Å². The van der Waals surface area contributed by atoms with Crippen LogP contribution in [0.4, 0.5) is 10.1 Å². The monoisotopic (exact) mass is 445 g/mol. The van der Waals surface area contributed by atoms with E-state index in [0.29, 0.717) is 13.1 Å². The number of anilines is 1. The maximum atomic E-state index is 13.8. The maximum Gasteiger partial charge on any atom is 0.236 e. The number of aliphatic imine (C=N–C) groups is 1. The van der Waals surface area contributed by atoms with E-state index in [1.807, 2.05) is 48.5 Å². The standard InChI is InChI=1S/C24H20FN5OS/c1-29-22(31)18-13-30(17-5-3-2-4-6-17)14-24(18,28-23(29)27)21-10-9-20(32-21)15-7-8-19(25)16(11-15)12-26/h2-11,18H,13-14H2,1H3,(H2,27,28)/t18-,24-/m0/s1. The highest BCUT2D eigenvalue weighted by atomic mass is 32.1. The van der Waals surface area contributed by atoms with Crippen LogP contribution in [0.25, 0.3) is 10.4 Å². The molecule has 2 aromatic carbocycles. The Hall–Kier alpha value is -3.70. The van der Waals surface area contributed by atoms with Crippen LogP contribution in [-0.2, 0) is 10.3 Å². The van der Waals surface area contributed by atoms with Crippen molar-refractivity contribution in [3.63, 3.8) is 0 Å². The highest BCUT2D eigenvalue weighted by Gasteiger charge is 2.56. The molecule has 2 aliphatic heterocycles. The average molecular weight is 446 g/mol. The largest absolute Gasteiger partial charge is 0.369 e. The Morgan fingerprint density at radius 3 is 2.75 bits per heavy atom. The number of benzene rings is 2. The second-order valence-electron chi connectivity index (χ2n) is 8.03. The number of carbonyl (C=O) groups excluding carboxylic acids is 1. The molecule has 0 spiro atoms. The van der Waals surface area contributed by atoms with Gasteiger partial charge in [0.15, 0.2) is 5.96 Å². The fourth-order valence-corrected chi connectivity index (χ4v) is 5.67. The molecule has 2 atom stereocenters. The van der Waals surface area contributed by atoms with Gasteiger partial charge in [-0.05, 0) is 42.0 Å². The average Bonchev–Trinajstić information content (AvgIpc) is 3.45. The van der Waals surface area contributed by atoms with E-state index in [1.165, 1.54) is 22.3 Å². The first-order valence-electron chi connectivity index (χ1n) is 10.2. The van der Waals surface area contributed by atoms with Gasteiger partial charge < -0.3 is 10.6 Å². The van der Waals surface area contributed by atoms with Crippen molar-refractivity contribution >= 4 is 28.9 Å². The van der Waals surface area contributed by atoms with Crippen LogP contribution in [0.5, 0.6) is 0 Å². The molecule has 3 aromatic rings. The summed E-state index contributed by atoms with van der Waals surface area (Å²) in [6.07, 6.45) is 0. The predicted molar refractivity (Wildman–Crippen MR) is 123 cm³/mol. The Morgan fingerprint density at radius 1 is 1.22 bits per heavy atom. The number of hydrogen-bond acceptors (Lipinski definition) is 6. The third kappa shape index (κ3) is 3.05. The molecular weight excluding hydrogens is 425 g/mol. The number of nitriles is 1. The summed E-state index contributed by atoms with van der Waals surface area (Å²) >= 11 is 1.50. The van der Waals surface area contributed by atoms with Gasteiger partial charge in [0.2, 0.25) is 5.91 Å². The van der Waals surface area contributed by atoms with E-state index in [-0.39, 0.29) is 23.3 Å². The summed E-state index contributed by atoms with van der Waals surface area (Å²) in [5.74, 6) is -0.780. The zero-order valence-corrected chi connectivity index (χ0v) is 18.1. The van der Waals surface area contributed by atoms with Gasteiger partial charge in [0.25, 0.3) is 0 Å². The van der Waals surface area contributed by atoms with Crippen molar-refractivity contribution in [2.45, 2.75) is 5.54 Å². The molecule has 8 heteroatoms. The van der Waals surface area contributed by atoms with Crippen LogP contribution in [0.2, 0.25) is 0 Å². The van der Waals surface area contributed by atoms with Gasteiger partial charge in [-0.2, -0.15) is 5.26 Å². The van der Waals surface area contributed by atoms with Crippen molar-refractivity contribution in [1.29, 1.82) is 5.26 Å². The number of guanidine groups is 1. The minimum atomic E-state index is -0.801. The zero-order chi connectivity index (χ0) is 22.5. The Morgan fingerprint density at radius 2 is 2.00 bits per heavy atom. The van der Waals surface area contributed by atoms with Gasteiger partial charge in [-0.15, -0.1) is 11.3 Å². The lowest BCUT2D eigenvalue weighted by atomic mass is 9.84. The second-order valence-corrected chi connectivity index (χ2v) is 9.11. The highest BCUT2D eigenvalue weighted by Crippen LogP contribution is 2.48. The van der Waals surface area contributed by atoms with Crippen molar-refractivity contribution < 1.29 is 9.18 Å². The molecule has 0 aliphatic carbocycles. The molecule has 32 heavy (non-hydrogen) atoms. The predicted octanol–water partition coefficient (Wildman–Crippen LogP) is 3.54. The summed E-state index contributed by atoms with van der Waals surface area (Å²) in [6, 6.07) is 20.2. The van der Waals surface area contributed by atoms with Crippen LogP contribution < -0.4 is 10.6 Å². The van der Waals surface area contributed by atoms with E-state index in [2.05, 4.69) is 4.90 Å². The van der Waals surface area contributed by atoms with Crippen LogP contribution >= 0.6 is 11.3 Å². The summed E-state index contributed by atoms with van der Waals surface area (Å²) in [4.78, 5) is 23.5. The van der Waals surface area contributed by atoms with Crippen molar-refractivity contribution in [3.05, 3.63) is 76.9 Å². The molecule has 1 aromatic heterocycles. The van der Waals surface area contributed by atoms with Gasteiger partial charge in [-0.1, -0.05) is 24.3 Å². The SMILES string of the molecule is CN1C(=O)[C@@H]2CN(c3ccccc3)C[C@]2(c2ccc(-c3ccc(F)c(C#N)c3)s2)N=C1N. The Labute approximate surface area is 189 Å². The molecule has 1 amide bonds. The third-order valence-corrected chi connectivity index (χ3v) is 7.52. The van der Waals surface area contributed by atoms with Crippen LogP contribution in [0, 0.1) is 23.1 Å². The molecule has 1 saturated heterocycles. The lowest BCUT2D eigenvalue weighted by Gasteiger charge is -2.36. The number of amides is 1. The van der Waals surface area contributed by atoms with Gasteiger partial charge in [0.05, 0.1) is 11.5 Å². The first-order valence-corrected chi connectivity index (χ1v) is 11.0. The van der Waals surface area contributed by atoms with Crippen LogP contribution in [0.1, 0.15) is 10.4 Å². The van der Waals surface area contributed by atoms with Gasteiger partial charge in [-0.3, -0.25) is 9.69 Å². The highest BCUT2D eigenvalue weighted by molar-refractivity contribution is 7.15. The normalized spacial score (nSPS) is 22.5. The summed E-state index contributed by atoms with van der Waals surface area (Å²) < 4.78 is 13.8. The van der Waals surface area contributed by atoms with Gasteiger partial charge in [0.1, 0.15) is 17.4 Å². The number of thiophene rings is 1. The van der Waals surface area contributed by atoms with E-state index in [4.69, 9.17) is 10.7 Å². The molecule has 1 fully saturated rings. The topological polar surface area (TPSA) is 85.7 Å². The smallest absolute Gasteiger partial charge is 0.236 e. The van der Waals surface area contributed by atoms with Gasteiger partial charge in [-0.25, -0.2) is 9.38 Å². The minimum Gasteiger partial charge on any atom is -0.369 e. The van der Waals surface area contributed by atoms with Gasteiger partial charge >= 0.3 is 0 Å². The van der Waals surface area contributed by atoms with E-state index < -0.39 is 11.4 Å². The first-order chi connectivity index (χ1) is 15.4. The fraction of sp³-hybridized carbons (Fsp3) is 0.208. The molecule has 3 heterocycles. The van der Waals surface area contributed by atoms with E-state index in [1.54, 1.807) is 19.2 Å². The van der Waals surface area contributed by atoms with Crippen molar-refractivity contribution in [2.24, 2.45) is 16.6 Å². The number of hydrogen-bond donors (Lipinski definition) is 1. The molecule has 5 rings (SSSR count). The molecule has 160 valence electrons. The molecule has 2 aliphatic rings. The second kappa shape index (κ2) is 7.46. The Bertz CT molecular complexity index is 1280. The van der Waals surface area contributed by atoms with Crippen LogP contribution in [-0.4, -0.2) is 36.9 Å². The van der Waals surface area contributed by atoms with Crippen LogP contribution in [0.15, 0.2) is 65.7 Å². The number of rotatable bonds is 3.